The van der Waals surface area contributed by atoms with Gasteiger partial charge in [0.25, 0.3) is 5.91 Å². The molecular formula is C15H24N4O2. The Hall–Kier alpha value is -1.69. The fourth-order valence-electron chi connectivity index (χ4n) is 2.33. The molecule has 21 heavy (non-hydrogen) atoms. The molecule has 0 aliphatic heterocycles. The highest BCUT2D eigenvalue weighted by Crippen LogP contribution is 2.20. The second-order valence-corrected chi connectivity index (χ2v) is 5.25. The van der Waals surface area contributed by atoms with Crippen LogP contribution in [-0.4, -0.2) is 41.7 Å². The van der Waals surface area contributed by atoms with Crippen molar-refractivity contribution in [2.45, 2.75) is 45.1 Å². The van der Waals surface area contributed by atoms with E-state index in [1.54, 1.807) is 6.20 Å². The first-order valence-electron chi connectivity index (χ1n) is 7.75. The van der Waals surface area contributed by atoms with E-state index in [-0.39, 0.29) is 5.91 Å². The van der Waals surface area contributed by atoms with Crippen LogP contribution in [0.15, 0.2) is 12.4 Å². The van der Waals surface area contributed by atoms with Gasteiger partial charge >= 0.3 is 0 Å². The largest absolute Gasteiger partial charge is 0.376 e. The van der Waals surface area contributed by atoms with Crippen LogP contribution in [0.5, 0.6) is 0 Å². The number of carbonyl (C=O) groups is 1. The third-order valence-electron chi connectivity index (χ3n) is 3.48. The number of ether oxygens (including phenoxy) is 1. The van der Waals surface area contributed by atoms with Crippen LogP contribution >= 0.6 is 0 Å². The van der Waals surface area contributed by atoms with Crippen molar-refractivity contribution in [2.24, 2.45) is 0 Å². The topological polar surface area (TPSA) is 76.1 Å². The third kappa shape index (κ3) is 5.30. The molecule has 1 heterocycles. The van der Waals surface area contributed by atoms with Crippen molar-refractivity contribution in [3.05, 3.63) is 18.1 Å². The number of nitrogens with zero attached hydrogens (tertiary/aromatic N) is 2. The van der Waals surface area contributed by atoms with Gasteiger partial charge in [-0.3, -0.25) is 4.79 Å². The van der Waals surface area contributed by atoms with Crippen LogP contribution in [0.4, 0.5) is 5.82 Å². The van der Waals surface area contributed by atoms with E-state index in [2.05, 4.69) is 27.5 Å². The Morgan fingerprint density at radius 3 is 2.76 bits per heavy atom. The minimum absolute atomic E-state index is 0.209. The summed E-state index contributed by atoms with van der Waals surface area (Å²) in [6.45, 7) is 3.99. The Morgan fingerprint density at radius 2 is 2.10 bits per heavy atom. The molecule has 6 nitrogen and oxygen atoms in total. The number of nitrogens with one attached hydrogen (secondary N) is 2. The summed E-state index contributed by atoms with van der Waals surface area (Å²) in [5, 5.41) is 5.92. The van der Waals surface area contributed by atoms with Crippen molar-refractivity contribution in [1.29, 1.82) is 0 Å². The second kappa shape index (κ2) is 8.56. The molecular weight excluding hydrogens is 268 g/mol. The van der Waals surface area contributed by atoms with E-state index in [9.17, 15) is 4.79 Å². The van der Waals surface area contributed by atoms with Crippen molar-refractivity contribution in [2.75, 3.05) is 25.0 Å². The molecule has 0 unspecified atom stereocenters. The summed E-state index contributed by atoms with van der Waals surface area (Å²) in [5.41, 5.74) is 0.331. The zero-order valence-electron chi connectivity index (χ0n) is 12.6. The first-order chi connectivity index (χ1) is 10.3. The van der Waals surface area contributed by atoms with Crippen LogP contribution in [0.3, 0.4) is 0 Å². The summed E-state index contributed by atoms with van der Waals surface area (Å²) in [6.07, 6.45) is 9.27. The molecule has 0 spiro atoms. The molecule has 0 aromatic carbocycles. The van der Waals surface area contributed by atoms with Gasteiger partial charge in [-0.15, -0.1) is 0 Å². The zero-order chi connectivity index (χ0) is 14.9. The van der Waals surface area contributed by atoms with Gasteiger partial charge in [0.15, 0.2) is 0 Å². The van der Waals surface area contributed by atoms with Crippen molar-refractivity contribution in [3.8, 4) is 0 Å². The molecule has 0 atom stereocenters. The molecule has 0 radical (unpaired) electrons. The van der Waals surface area contributed by atoms with E-state index in [1.807, 2.05) is 0 Å². The minimum Gasteiger partial charge on any atom is -0.376 e. The minimum atomic E-state index is -0.209. The maximum atomic E-state index is 11.9. The van der Waals surface area contributed by atoms with Crippen LogP contribution < -0.4 is 10.6 Å². The molecule has 1 aromatic rings. The van der Waals surface area contributed by atoms with E-state index >= 15 is 0 Å². The highest BCUT2D eigenvalue weighted by Gasteiger charge is 2.15. The SMILES string of the molecule is CCCNc1cnc(C(=O)NCCOC2CCCC2)cn1. The molecule has 1 saturated carbocycles. The Kier molecular flexibility index (Phi) is 6.40. The highest BCUT2D eigenvalue weighted by atomic mass is 16.5. The van der Waals surface area contributed by atoms with E-state index < -0.39 is 0 Å². The van der Waals surface area contributed by atoms with E-state index in [1.165, 1.54) is 19.0 Å². The summed E-state index contributed by atoms with van der Waals surface area (Å²) in [4.78, 5) is 20.1. The Bertz CT molecular complexity index is 430. The average Bonchev–Trinajstić information content (AvgIpc) is 3.03. The molecule has 2 N–H and O–H groups in total. The number of hydrogen-bond acceptors (Lipinski definition) is 5. The van der Waals surface area contributed by atoms with Gasteiger partial charge in [-0.05, 0) is 19.3 Å². The van der Waals surface area contributed by atoms with E-state index in [0.29, 0.717) is 30.8 Å². The van der Waals surface area contributed by atoms with Gasteiger partial charge in [-0.1, -0.05) is 19.8 Å². The predicted octanol–water partition coefficient (Wildman–Crippen LogP) is 1.99. The maximum absolute atomic E-state index is 11.9. The molecule has 0 saturated heterocycles. The van der Waals surface area contributed by atoms with Gasteiger partial charge in [0.05, 0.1) is 25.1 Å². The van der Waals surface area contributed by atoms with Crippen LogP contribution in [0.25, 0.3) is 0 Å². The lowest BCUT2D eigenvalue weighted by molar-refractivity contribution is 0.0581. The van der Waals surface area contributed by atoms with Crippen LogP contribution in [0.2, 0.25) is 0 Å². The molecule has 2 rings (SSSR count). The normalized spacial score (nSPS) is 15.1. The summed E-state index contributed by atoms with van der Waals surface area (Å²) in [5.74, 6) is 0.484. The number of carbonyl (C=O) groups excluding carboxylic acids is 1. The second-order valence-electron chi connectivity index (χ2n) is 5.25. The smallest absolute Gasteiger partial charge is 0.271 e. The molecule has 1 fully saturated rings. The van der Waals surface area contributed by atoms with Crippen LogP contribution in [-0.2, 0) is 4.74 Å². The zero-order valence-corrected chi connectivity index (χ0v) is 12.6. The van der Waals surface area contributed by atoms with Crippen molar-refractivity contribution in [1.82, 2.24) is 15.3 Å². The highest BCUT2D eigenvalue weighted by molar-refractivity contribution is 5.91. The summed E-state index contributed by atoms with van der Waals surface area (Å²) < 4.78 is 5.69. The quantitative estimate of drug-likeness (QED) is 0.717. The van der Waals surface area contributed by atoms with Gasteiger partial charge in [0.1, 0.15) is 11.5 Å². The Labute approximate surface area is 125 Å². The number of anilines is 1. The molecule has 1 aliphatic rings. The number of hydrogen-bond donors (Lipinski definition) is 2. The summed E-state index contributed by atoms with van der Waals surface area (Å²) >= 11 is 0. The maximum Gasteiger partial charge on any atom is 0.271 e. The lowest BCUT2D eigenvalue weighted by Crippen LogP contribution is -2.29. The molecule has 116 valence electrons. The lowest BCUT2D eigenvalue weighted by atomic mass is 10.3. The average molecular weight is 292 g/mol. The molecule has 6 heteroatoms. The molecule has 0 bridgehead atoms. The third-order valence-corrected chi connectivity index (χ3v) is 3.48. The first-order valence-corrected chi connectivity index (χ1v) is 7.75. The predicted molar refractivity (Wildman–Crippen MR) is 81.4 cm³/mol. The van der Waals surface area contributed by atoms with Crippen LogP contribution in [0.1, 0.15) is 49.5 Å². The van der Waals surface area contributed by atoms with Gasteiger partial charge in [-0.2, -0.15) is 0 Å². The number of amides is 1. The number of rotatable bonds is 8. The molecule has 1 aliphatic carbocycles. The monoisotopic (exact) mass is 292 g/mol. The van der Waals surface area contributed by atoms with E-state index in [4.69, 9.17) is 4.74 Å². The first kappa shape index (κ1) is 15.7. The fraction of sp³-hybridized carbons (Fsp3) is 0.667. The van der Waals surface area contributed by atoms with E-state index in [0.717, 1.165) is 25.8 Å². The molecule has 1 amide bonds. The van der Waals surface area contributed by atoms with Gasteiger partial charge in [-0.25, -0.2) is 9.97 Å². The van der Waals surface area contributed by atoms with Crippen molar-refractivity contribution in [3.63, 3.8) is 0 Å². The van der Waals surface area contributed by atoms with Gasteiger partial charge in [0.2, 0.25) is 0 Å². The van der Waals surface area contributed by atoms with Crippen molar-refractivity contribution >= 4 is 11.7 Å². The fourth-order valence-corrected chi connectivity index (χ4v) is 2.33. The summed E-state index contributed by atoms with van der Waals surface area (Å²) in [6, 6.07) is 0. The van der Waals surface area contributed by atoms with Gasteiger partial charge in [0, 0.05) is 13.1 Å². The summed E-state index contributed by atoms with van der Waals surface area (Å²) in [7, 11) is 0. The number of aromatic nitrogens is 2. The Morgan fingerprint density at radius 1 is 1.29 bits per heavy atom. The van der Waals surface area contributed by atoms with Gasteiger partial charge < -0.3 is 15.4 Å². The van der Waals surface area contributed by atoms with Crippen LogP contribution in [0, 0.1) is 0 Å². The molecule has 1 aromatic heterocycles. The standard InChI is InChI=1S/C15H24N4O2/c1-2-7-16-14-11-18-13(10-19-14)15(20)17-8-9-21-12-5-3-4-6-12/h10-12H,2-9H2,1H3,(H,16,19)(H,17,20). The Balaban J connectivity index is 1.67. The van der Waals surface area contributed by atoms with Crippen molar-refractivity contribution < 1.29 is 9.53 Å². The lowest BCUT2D eigenvalue weighted by Gasteiger charge is -2.11.